The van der Waals surface area contributed by atoms with E-state index < -0.39 is 10.0 Å². The molecule has 3 rings (SSSR count). The minimum Gasteiger partial charge on any atom is -0.497 e. The van der Waals surface area contributed by atoms with Gasteiger partial charge >= 0.3 is 0 Å². The predicted octanol–water partition coefficient (Wildman–Crippen LogP) is 3.56. The number of rotatable bonds is 10. The number of methoxy groups -OCH3 is 2. The first-order chi connectivity index (χ1) is 16.7. The molecule has 1 atom stereocenters. The van der Waals surface area contributed by atoms with Crippen LogP contribution >= 0.6 is 0 Å². The summed E-state index contributed by atoms with van der Waals surface area (Å²) in [7, 11) is 4.59. The van der Waals surface area contributed by atoms with E-state index in [9.17, 15) is 13.2 Å². The summed E-state index contributed by atoms with van der Waals surface area (Å²) in [5, 5.41) is 2.92. The molecule has 0 radical (unpaired) electrons. The van der Waals surface area contributed by atoms with Gasteiger partial charge in [0, 0.05) is 24.7 Å². The topological polar surface area (TPSA) is 88.2 Å². The third-order valence-electron chi connectivity index (χ3n) is 5.77. The Bertz CT molecular complexity index is 1260. The van der Waals surface area contributed by atoms with Gasteiger partial charge in [0.05, 0.1) is 30.8 Å². The van der Waals surface area contributed by atoms with Gasteiger partial charge in [-0.1, -0.05) is 24.3 Å². The largest absolute Gasteiger partial charge is 0.497 e. The minimum absolute atomic E-state index is 0.0253. The van der Waals surface area contributed by atoms with E-state index in [2.05, 4.69) is 5.32 Å². The molecule has 35 heavy (non-hydrogen) atoms. The Morgan fingerprint density at radius 2 is 1.60 bits per heavy atom. The van der Waals surface area contributed by atoms with Crippen LogP contribution in [0.25, 0.3) is 0 Å². The predicted molar refractivity (Wildman–Crippen MR) is 137 cm³/mol. The molecule has 1 unspecified atom stereocenters. The van der Waals surface area contributed by atoms with Crippen LogP contribution in [-0.2, 0) is 10.0 Å². The molecule has 3 aromatic rings. The fourth-order valence-electron chi connectivity index (χ4n) is 3.69. The highest BCUT2D eigenvalue weighted by Gasteiger charge is 2.23. The summed E-state index contributed by atoms with van der Waals surface area (Å²) in [6, 6.07) is 20.2. The number of amides is 1. The number of carbonyl (C=O) groups is 1. The molecular weight excluding hydrogens is 466 g/mol. The highest BCUT2D eigenvalue weighted by molar-refractivity contribution is 7.92. The second-order valence-corrected chi connectivity index (χ2v) is 10.1. The molecule has 8 nitrogen and oxygen atoms in total. The molecule has 0 saturated carbocycles. The van der Waals surface area contributed by atoms with E-state index in [1.807, 2.05) is 43.3 Å². The monoisotopic (exact) mass is 497 g/mol. The van der Waals surface area contributed by atoms with Gasteiger partial charge in [0.2, 0.25) is 0 Å². The van der Waals surface area contributed by atoms with E-state index >= 15 is 0 Å². The Labute approximate surface area is 207 Å². The molecule has 0 aliphatic rings. The van der Waals surface area contributed by atoms with E-state index in [4.69, 9.17) is 9.47 Å². The van der Waals surface area contributed by atoms with E-state index in [1.54, 1.807) is 50.6 Å². The van der Waals surface area contributed by atoms with Crippen LogP contribution in [0.2, 0.25) is 0 Å². The molecule has 0 bridgehead atoms. The molecule has 0 aromatic heterocycles. The van der Waals surface area contributed by atoms with Gasteiger partial charge in [-0.3, -0.25) is 9.10 Å². The molecule has 0 aliphatic heterocycles. The lowest BCUT2D eigenvalue weighted by atomic mass is 10.0. The highest BCUT2D eigenvalue weighted by Crippen LogP contribution is 2.28. The molecule has 186 valence electrons. The molecule has 1 N–H and O–H groups in total. The third-order valence-corrected chi connectivity index (χ3v) is 7.55. The first-order valence-corrected chi connectivity index (χ1v) is 12.4. The quantitative estimate of drug-likeness (QED) is 0.461. The zero-order valence-electron chi connectivity index (χ0n) is 20.6. The minimum atomic E-state index is -3.88. The third kappa shape index (κ3) is 5.93. The Kier molecular flexibility index (Phi) is 8.37. The smallest absolute Gasteiger partial charge is 0.264 e. The second kappa shape index (κ2) is 11.2. The Morgan fingerprint density at radius 1 is 0.914 bits per heavy atom. The van der Waals surface area contributed by atoms with Gasteiger partial charge in [-0.05, 0) is 62.6 Å². The number of carbonyl (C=O) groups excluding carboxylic acids is 1. The van der Waals surface area contributed by atoms with Gasteiger partial charge < -0.3 is 19.7 Å². The molecule has 0 aliphatic carbocycles. The van der Waals surface area contributed by atoms with Crippen LogP contribution in [0.5, 0.6) is 11.5 Å². The zero-order valence-corrected chi connectivity index (χ0v) is 21.4. The summed E-state index contributed by atoms with van der Waals surface area (Å²) in [4.78, 5) is 15.0. The summed E-state index contributed by atoms with van der Waals surface area (Å²) in [5.41, 5.74) is 1.68. The number of anilines is 1. The molecule has 1 amide bonds. The van der Waals surface area contributed by atoms with Crippen molar-refractivity contribution in [2.24, 2.45) is 0 Å². The number of benzene rings is 3. The lowest BCUT2D eigenvalue weighted by Crippen LogP contribution is -2.35. The molecule has 0 fully saturated rings. The second-order valence-electron chi connectivity index (χ2n) is 8.13. The number of hydrogen-bond donors (Lipinski definition) is 1. The van der Waals surface area contributed by atoms with E-state index in [-0.39, 0.29) is 22.4 Å². The van der Waals surface area contributed by atoms with Crippen LogP contribution < -0.4 is 19.1 Å². The normalized spacial score (nSPS) is 12.2. The van der Waals surface area contributed by atoms with Crippen LogP contribution in [0.4, 0.5) is 5.69 Å². The van der Waals surface area contributed by atoms with Crippen molar-refractivity contribution < 1.29 is 22.7 Å². The fraction of sp³-hybridized carbons (Fsp3) is 0.269. The molecule has 0 heterocycles. The van der Waals surface area contributed by atoms with Crippen LogP contribution in [-0.4, -0.2) is 61.1 Å². The van der Waals surface area contributed by atoms with Crippen LogP contribution in [0.15, 0.2) is 77.7 Å². The fourth-order valence-corrected chi connectivity index (χ4v) is 4.93. The van der Waals surface area contributed by atoms with Crippen molar-refractivity contribution in [3.8, 4) is 11.5 Å². The number of para-hydroxylation sites is 1. The average Bonchev–Trinajstić information content (AvgIpc) is 2.88. The summed E-state index contributed by atoms with van der Waals surface area (Å²) < 4.78 is 38.2. The van der Waals surface area contributed by atoms with Gasteiger partial charge in [-0.2, -0.15) is 0 Å². The molecule has 9 heteroatoms. The molecule has 3 aromatic carbocycles. The first kappa shape index (κ1) is 26.1. The maximum atomic E-state index is 13.2. The number of ether oxygens (including phenoxy) is 2. The molecular formula is C26H31N3O5S. The Morgan fingerprint density at radius 3 is 2.23 bits per heavy atom. The lowest BCUT2D eigenvalue weighted by Gasteiger charge is -2.26. The number of nitrogens with one attached hydrogen (secondary N) is 1. The maximum Gasteiger partial charge on any atom is 0.264 e. The summed E-state index contributed by atoms with van der Waals surface area (Å²) >= 11 is 0. The van der Waals surface area contributed by atoms with E-state index in [0.717, 1.165) is 11.3 Å². The highest BCUT2D eigenvalue weighted by atomic mass is 32.2. The average molecular weight is 498 g/mol. The summed E-state index contributed by atoms with van der Waals surface area (Å²) in [6.07, 6.45) is 0. The number of nitrogens with zero attached hydrogens (tertiary/aromatic N) is 2. The zero-order chi connectivity index (χ0) is 25.6. The molecule has 0 spiro atoms. The van der Waals surface area contributed by atoms with E-state index in [0.29, 0.717) is 18.0 Å². The van der Waals surface area contributed by atoms with Crippen molar-refractivity contribution in [2.75, 3.05) is 46.2 Å². The molecule has 0 saturated heterocycles. The van der Waals surface area contributed by atoms with Gasteiger partial charge in [0.25, 0.3) is 15.9 Å². The van der Waals surface area contributed by atoms with Crippen molar-refractivity contribution in [3.63, 3.8) is 0 Å². The van der Waals surface area contributed by atoms with E-state index in [1.165, 1.54) is 23.5 Å². The van der Waals surface area contributed by atoms with Crippen LogP contribution in [0.3, 0.4) is 0 Å². The van der Waals surface area contributed by atoms with Crippen molar-refractivity contribution >= 4 is 21.6 Å². The van der Waals surface area contributed by atoms with Crippen molar-refractivity contribution in [3.05, 3.63) is 83.9 Å². The maximum absolute atomic E-state index is 13.2. The van der Waals surface area contributed by atoms with Gasteiger partial charge in [0.1, 0.15) is 11.5 Å². The lowest BCUT2D eigenvalue weighted by molar-refractivity contribution is 0.0941. The number of likely N-dealkylation sites (N-methyl/N-ethyl adjacent to an activating group) is 1. The number of sulfonamides is 1. The first-order valence-electron chi connectivity index (χ1n) is 11.0. The summed E-state index contributed by atoms with van der Waals surface area (Å²) in [5.74, 6) is 0.994. The SMILES string of the molecule is COc1ccc(N(C)S(=O)(=O)c2cccc(C(=O)NCC(c3ccccc3OC)N(C)C)c2)cc1. The van der Waals surface area contributed by atoms with Crippen LogP contribution in [0, 0.1) is 0 Å². The number of hydrogen-bond acceptors (Lipinski definition) is 6. The Balaban J connectivity index is 1.78. The standard InChI is InChI=1S/C26H31N3O5S/c1-28(2)24(23-11-6-7-12-25(23)34-5)18-27-26(30)19-9-8-10-22(17-19)35(31,32)29(3)20-13-15-21(33-4)16-14-20/h6-17,24H,18H2,1-5H3,(H,27,30). The Hall–Kier alpha value is -3.56. The van der Waals surface area contributed by atoms with Crippen molar-refractivity contribution in [1.82, 2.24) is 10.2 Å². The van der Waals surface area contributed by atoms with Gasteiger partial charge in [-0.25, -0.2) is 8.42 Å². The van der Waals surface area contributed by atoms with Crippen molar-refractivity contribution in [2.45, 2.75) is 10.9 Å². The van der Waals surface area contributed by atoms with Crippen molar-refractivity contribution in [1.29, 1.82) is 0 Å². The summed E-state index contributed by atoms with van der Waals surface area (Å²) in [6.45, 7) is 0.314. The van der Waals surface area contributed by atoms with Gasteiger partial charge in [-0.15, -0.1) is 0 Å². The van der Waals surface area contributed by atoms with Crippen LogP contribution in [0.1, 0.15) is 22.0 Å². The van der Waals surface area contributed by atoms with Gasteiger partial charge in [0.15, 0.2) is 0 Å².